The Morgan fingerprint density at radius 2 is 1.54 bits per heavy atom. The van der Waals surface area contributed by atoms with E-state index in [1.165, 1.54) is 34.9 Å². The van der Waals surface area contributed by atoms with E-state index >= 15 is 0 Å². The summed E-state index contributed by atoms with van der Waals surface area (Å²) in [4.78, 5) is 24.5. The van der Waals surface area contributed by atoms with Gasteiger partial charge < -0.3 is 10.2 Å². The van der Waals surface area contributed by atoms with Gasteiger partial charge in [0.2, 0.25) is 0 Å². The number of hydrogen-bond donors (Lipinski definition) is 2. The highest BCUT2D eigenvalue weighted by Crippen LogP contribution is 2.50. The molecule has 0 fully saturated rings. The van der Waals surface area contributed by atoms with Crippen molar-refractivity contribution in [2.75, 3.05) is 0 Å². The maximum Gasteiger partial charge on any atom is 0.339 e. The molecule has 0 amide bonds. The minimum absolute atomic E-state index is 0.00803. The zero-order valence-electron chi connectivity index (χ0n) is 21.0. The molecule has 3 aromatic rings. The number of fused-ring (bicyclic) bond motifs is 1. The molecule has 4 heteroatoms. The zero-order valence-corrected chi connectivity index (χ0v) is 21.0. The van der Waals surface area contributed by atoms with E-state index in [1.54, 1.807) is 12.1 Å². The van der Waals surface area contributed by atoms with Gasteiger partial charge in [0, 0.05) is 5.56 Å². The summed E-state index contributed by atoms with van der Waals surface area (Å²) < 4.78 is 0. The van der Waals surface area contributed by atoms with Crippen LogP contribution in [0, 0.1) is 6.92 Å². The van der Waals surface area contributed by atoms with E-state index in [0.717, 1.165) is 24.0 Å². The van der Waals surface area contributed by atoms with Crippen LogP contribution in [-0.2, 0) is 10.8 Å². The Kier molecular flexibility index (Phi) is 6.18. The van der Waals surface area contributed by atoms with Crippen molar-refractivity contribution < 1.29 is 19.8 Å². The Labute approximate surface area is 207 Å². The first-order chi connectivity index (χ1) is 16.4. The van der Waals surface area contributed by atoms with Gasteiger partial charge in [0.1, 0.15) is 11.3 Å². The molecule has 0 heterocycles. The van der Waals surface area contributed by atoms with Gasteiger partial charge >= 0.3 is 5.97 Å². The summed E-state index contributed by atoms with van der Waals surface area (Å²) in [7, 11) is 0. The third-order valence-electron chi connectivity index (χ3n) is 7.25. The number of carbonyl (C=O) groups is 2. The Morgan fingerprint density at radius 3 is 2.17 bits per heavy atom. The third kappa shape index (κ3) is 4.79. The van der Waals surface area contributed by atoms with Crippen molar-refractivity contribution in [3.05, 3.63) is 94.1 Å². The molecule has 4 rings (SSSR count). The third-order valence-corrected chi connectivity index (χ3v) is 7.25. The van der Waals surface area contributed by atoms with E-state index in [1.807, 2.05) is 12.1 Å². The van der Waals surface area contributed by atoms with Crippen molar-refractivity contribution in [3.63, 3.8) is 0 Å². The molecule has 0 saturated heterocycles. The summed E-state index contributed by atoms with van der Waals surface area (Å²) in [6.07, 6.45) is 5.21. The normalized spacial score (nSPS) is 16.1. The fourth-order valence-electron chi connectivity index (χ4n) is 4.99. The standard InChI is InChI=1S/C31H32O4/c1-19-6-10-21(11-7-19)24-17-22(18-25-28(24)31(4,5)15-14-30(25,2)3)26(32)13-9-20-8-12-23(29(34)35)27(33)16-20/h6-13,16-18,33H,14-15H2,1-5H3,(H,34,35)/b13-9+. The van der Waals surface area contributed by atoms with Gasteiger partial charge in [-0.2, -0.15) is 0 Å². The van der Waals surface area contributed by atoms with E-state index in [-0.39, 0.29) is 27.9 Å². The zero-order chi connectivity index (χ0) is 25.5. The molecule has 35 heavy (non-hydrogen) atoms. The highest BCUT2D eigenvalue weighted by molar-refractivity contribution is 6.08. The van der Waals surface area contributed by atoms with E-state index in [4.69, 9.17) is 5.11 Å². The largest absolute Gasteiger partial charge is 0.507 e. The van der Waals surface area contributed by atoms with Gasteiger partial charge in [-0.05, 0) is 88.8 Å². The SMILES string of the molecule is Cc1ccc(-c2cc(C(=O)/C=C/c3ccc(C(=O)O)c(O)c3)cc3c2C(C)(C)CCC3(C)C)cc1. The first kappa shape index (κ1) is 24.5. The monoisotopic (exact) mass is 468 g/mol. The summed E-state index contributed by atoms with van der Waals surface area (Å²) in [6.45, 7) is 11.1. The Hall–Kier alpha value is -3.66. The number of aromatic hydroxyl groups is 1. The number of carbonyl (C=O) groups excluding carboxylic acids is 1. The van der Waals surface area contributed by atoms with Gasteiger partial charge in [0.15, 0.2) is 5.78 Å². The summed E-state index contributed by atoms with van der Waals surface area (Å²) in [5.74, 6) is -1.66. The minimum Gasteiger partial charge on any atom is -0.507 e. The van der Waals surface area contributed by atoms with E-state index in [2.05, 4.69) is 58.9 Å². The maximum atomic E-state index is 13.3. The van der Waals surface area contributed by atoms with Crippen molar-refractivity contribution in [1.29, 1.82) is 0 Å². The van der Waals surface area contributed by atoms with Gasteiger partial charge in [-0.1, -0.05) is 69.7 Å². The fraction of sp³-hybridized carbons (Fsp3) is 0.290. The van der Waals surface area contributed by atoms with Crippen LogP contribution in [0.2, 0.25) is 0 Å². The van der Waals surface area contributed by atoms with Crippen LogP contribution in [0.4, 0.5) is 0 Å². The van der Waals surface area contributed by atoms with Crippen LogP contribution in [0.1, 0.15) is 83.5 Å². The minimum atomic E-state index is -1.20. The van der Waals surface area contributed by atoms with Crippen LogP contribution >= 0.6 is 0 Å². The number of ketones is 1. The summed E-state index contributed by atoms with van der Waals surface area (Å²) in [6, 6.07) is 16.8. The number of carboxylic acids is 1. The fourth-order valence-corrected chi connectivity index (χ4v) is 4.99. The van der Waals surface area contributed by atoms with Gasteiger partial charge in [-0.25, -0.2) is 4.79 Å². The number of hydrogen-bond acceptors (Lipinski definition) is 3. The van der Waals surface area contributed by atoms with Crippen LogP contribution in [0.25, 0.3) is 17.2 Å². The molecule has 1 aliphatic rings. The number of benzene rings is 3. The van der Waals surface area contributed by atoms with E-state index < -0.39 is 5.97 Å². The molecule has 4 nitrogen and oxygen atoms in total. The molecule has 0 bridgehead atoms. The maximum absolute atomic E-state index is 13.3. The van der Waals surface area contributed by atoms with Crippen molar-refractivity contribution in [2.45, 2.75) is 58.3 Å². The second-order valence-corrected chi connectivity index (χ2v) is 10.9. The summed E-state index contributed by atoms with van der Waals surface area (Å²) >= 11 is 0. The summed E-state index contributed by atoms with van der Waals surface area (Å²) in [5.41, 5.74) is 6.86. The number of carboxylic acid groups (broad SMARTS) is 1. The second kappa shape index (κ2) is 8.84. The second-order valence-electron chi connectivity index (χ2n) is 10.9. The number of phenols is 1. The number of aryl methyl sites for hydroxylation is 1. The molecule has 0 aromatic heterocycles. The molecule has 0 radical (unpaired) electrons. The molecule has 0 spiro atoms. The average molecular weight is 469 g/mol. The van der Waals surface area contributed by atoms with Crippen LogP contribution in [-0.4, -0.2) is 22.0 Å². The summed E-state index contributed by atoms with van der Waals surface area (Å²) in [5, 5.41) is 19.1. The van der Waals surface area contributed by atoms with Gasteiger partial charge in [-0.15, -0.1) is 0 Å². The van der Waals surface area contributed by atoms with Crippen LogP contribution in [0.15, 0.2) is 60.7 Å². The van der Waals surface area contributed by atoms with Crippen molar-refractivity contribution in [1.82, 2.24) is 0 Å². The van der Waals surface area contributed by atoms with Gasteiger partial charge in [-0.3, -0.25) is 4.79 Å². The predicted molar refractivity (Wildman–Crippen MR) is 140 cm³/mol. The van der Waals surface area contributed by atoms with Crippen molar-refractivity contribution in [2.24, 2.45) is 0 Å². The lowest BCUT2D eigenvalue weighted by Gasteiger charge is -2.43. The lowest BCUT2D eigenvalue weighted by molar-refractivity contribution is 0.0693. The van der Waals surface area contributed by atoms with Crippen LogP contribution in [0.3, 0.4) is 0 Å². The topological polar surface area (TPSA) is 74.6 Å². The molecule has 180 valence electrons. The Morgan fingerprint density at radius 1 is 0.886 bits per heavy atom. The molecule has 2 N–H and O–H groups in total. The molecular weight excluding hydrogens is 436 g/mol. The van der Waals surface area contributed by atoms with Crippen LogP contribution in [0.5, 0.6) is 5.75 Å². The molecule has 1 aliphatic carbocycles. The Balaban J connectivity index is 1.81. The first-order valence-electron chi connectivity index (χ1n) is 11.9. The average Bonchev–Trinajstić information content (AvgIpc) is 2.80. The molecule has 0 atom stereocenters. The molecule has 3 aromatic carbocycles. The van der Waals surface area contributed by atoms with Crippen molar-refractivity contribution >= 4 is 17.8 Å². The molecule has 0 aliphatic heterocycles. The highest BCUT2D eigenvalue weighted by Gasteiger charge is 2.39. The highest BCUT2D eigenvalue weighted by atomic mass is 16.4. The quantitative estimate of drug-likeness (QED) is 0.304. The van der Waals surface area contributed by atoms with Crippen LogP contribution < -0.4 is 0 Å². The number of rotatable bonds is 5. The smallest absolute Gasteiger partial charge is 0.339 e. The lowest BCUT2D eigenvalue weighted by Crippen LogP contribution is -2.34. The van der Waals surface area contributed by atoms with Crippen molar-refractivity contribution in [3.8, 4) is 16.9 Å². The number of allylic oxidation sites excluding steroid dienone is 1. The lowest BCUT2D eigenvalue weighted by atomic mass is 9.61. The van der Waals surface area contributed by atoms with E-state index in [0.29, 0.717) is 11.1 Å². The molecular formula is C31H32O4. The van der Waals surface area contributed by atoms with Gasteiger partial charge in [0.25, 0.3) is 0 Å². The number of aromatic carboxylic acids is 1. The first-order valence-corrected chi connectivity index (χ1v) is 11.9. The van der Waals surface area contributed by atoms with Gasteiger partial charge in [0.05, 0.1) is 0 Å². The predicted octanol–water partition coefficient (Wildman–Crippen LogP) is 7.31. The van der Waals surface area contributed by atoms with E-state index in [9.17, 15) is 14.7 Å². The Bertz CT molecular complexity index is 1340. The molecule has 0 unspecified atom stereocenters. The molecule has 0 saturated carbocycles.